The molecule has 42 heavy (non-hydrogen) atoms. The highest BCUT2D eigenvalue weighted by atomic mass is 32.2. The van der Waals surface area contributed by atoms with Crippen molar-refractivity contribution in [1.82, 2.24) is 24.6 Å². The Bertz CT molecular complexity index is 1710. The molecule has 0 radical (unpaired) electrons. The topological polar surface area (TPSA) is 243 Å². The molecule has 0 saturated carbocycles. The Balaban J connectivity index is 1.40. The number of β-lactam (4-membered cyclic amide) rings is 1. The molecule has 0 aliphatic carbocycles. The number of nitrogens with zero attached hydrogens (tertiary/aromatic N) is 5. The zero-order valence-electron chi connectivity index (χ0n) is 22.4. The molecule has 2 atom stereocenters. The van der Waals surface area contributed by atoms with E-state index in [4.69, 9.17) is 16.3 Å². The molecule has 2 amide bonds. The first-order valence-electron chi connectivity index (χ1n) is 12.4. The number of aliphatic carboxylic acids is 2. The smallest absolute Gasteiger partial charge is 0.352 e. The third kappa shape index (κ3) is 4.98. The molecule has 18 heteroatoms. The van der Waals surface area contributed by atoms with Crippen LogP contribution in [0.3, 0.4) is 0 Å². The highest BCUT2D eigenvalue weighted by Gasteiger charge is 2.55. The average molecular weight is 617 g/mol. The predicted molar refractivity (Wildman–Crippen MR) is 151 cm³/mol. The maximum atomic E-state index is 13.3. The van der Waals surface area contributed by atoms with Crippen LogP contribution in [0.2, 0.25) is 0 Å². The van der Waals surface area contributed by atoms with Crippen molar-refractivity contribution in [2.24, 2.45) is 5.16 Å². The summed E-state index contributed by atoms with van der Waals surface area (Å²) in [4.78, 5) is 63.5. The van der Waals surface area contributed by atoms with Gasteiger partial charge >= 0.3 is 11.9 Å². The highest BCUT2D eigenvalue weighted by molar-refractivity contribution is 8.00. The minimum atomic E-state index is -1.79. The van der Waals surface area contributed by atoms with Gasteiger partial charge in [0.05, 0.1) is 5.56 Å². The number of nitrogens with two attached hydrogens (primary N) is 2. The summed E-state index contributed by atoms with van der Waals surface area (Å²) in [5.41, 5.74) is 12.2. The molecule has 0 unspecified atom stereocenters. The zero-order valence-corrected chi connectivity index (χ0v) is 24.1. The van der Waals surface area contributed by atoms with E-state index in [9.17, 15) is 29.4 Å². The van der Waals surface area contributed by atoms with Gasteiger partial charge in [0.2, 0.25) is 22.7 Å². The summed E-state index contributed by atoms with van der Waals surface area (Å²) in [7, 11) is 0. The second-order valence-corrected chi connectivity index (χ2v) is 11.9. The standard InChI is InChI=1S/C24H25N9O7S2/c1-9-14-11(27-16(9)25)5-4-6-32(14)7-10-8-41-20-13(19(35)33(20)15(10)21(36)37)28-18(34)12(17-29-23(26)42-31-17)30-40-24(2,3)22(38)39/h4-6,13,20H,7-8H2,1-3H3,(H7,25,26,27,28,29,31,34,36,37,38,39)/p+1/b30-12-/t13-,20-/m1/s1. The lowest BCUT2D eigenvalue weighted by molar-refractivity contribution is -0.663. The molecule has 5 rings (SSSR count). The highest BCUT2D eigenvalue weighted by Crippen LogP contribution is 2.40. The first kappa shape index (κ1) is 28.8. The first-order chi connectivity index (χ1) is 19.8. The maximum Gasteiger partial charge on any atom is 0.352 e. The summed E-state index contributed by atoms with van der Waals surface area (Å²) in [6, 6.07) is 2.57. The molecule has 2 aliphatic heterocycles. The molecule has 0 bridgehead atoms. The van der Waals surface area contributed by atoms with E-state index in [1.807, 2.05) is 23.6 Å². The number of aryl methyl sites for hydroxylation is 1. The Morgan fingerprint density at radius 3 is 2.71 bits per heavy atom. The molecule has 3 aromatic rings. The average Bonchev–Trinajstić information content (AvgIpc) is 3.49. The predicted octanol–water partition coefficient (Wildman–Crippen LogP) is -0.198. The van der Waals surface area contributed by atoms with Crippen molar-refractivity contribution in [2.45, 2.75) is 44.3 Å². The van der Waals surface area contributed by atoms with Gasteiger partial charge in [-0.1, -0.05) is 5.16 Å². The van der Waals surface area contributed by atoms with E-state index in [1.165, 1.54) is 25.6 Å². The van der Waals surface area contributed by atoms with Gasteiger partial charge in [0.1, 0.15) is 28.4 Å². The molecule has 16 nitrogen and oxygen atoms in total. The number of rotatable bonds is 9. The van der Waals surface area contributed by atoms with Gasteiger partial charge in [-0.25, -0.2) is 9.59 Å². The number of carboxylic acids is 2. The van der Waals surface area contributed by atoms with Crippen LogP contribution >= 0.6 is 23.3 Å². The summed E-state index contributed by atoms with van der Waals surface area (Å²) >= 11 is 2.07. The number of amides is 2. The van der Waals surface area contributed by atoms with Crippen LogP contribution in [0.25, 0.3) is 11.0 Å². The molecular formula is C24H26N9O7S2+. The van der Waals surface area contributed by atoms with E-state index in [1.54, 1.807) is 6.20 Å². The largest absolute Gasteiger partial charge is 0.478 e. The number of nitrogen functional groups attached to an aromatic ring is 2. The van der Waals surface area contributed by atoms with Crippen LogP contribution in [0.5, 0.6) is 0 Å². The van der Waals surface area contributed by atoms with Crippen LogP contribution in [-0.4, -0.2) is 81.7 Å². The Hall–Kier alpha value is -4.71. The van der Waals surface area contributed by atoms with Crippen molar-refractivity contribution in [1.29, 1.82) is 0 Å². The monoisotopic (exact) mass is 616 g/mol. The Kier molecular flexibility index (Phi) is 7.27. The molecule has 3 aromatic heterocycles. The number of hydrogen-bond donors (Lipinski definition) is 6. The van der Waals surface area contributed by atoms with E-state index in [0.717, 1.165) is 33.0 Å². The van der Waals surface area contributed by atoms with Gasteiger partial charge in [-0.15, -0.1) is 11.8 Å². The summed E-state index contributed by atoms with van der Waals surface area (Å²) in [5, 5.41) is 24.9. The van der Waals surface area contributed by atoms with E-state index in [2.05, 4.69) is 24.8 Å². The van der Waals surface area contributed by atoms with Crippen molar-refractivity contribution in [3.8, 4) is 0 Å². The molecule has 0 spiro atoms. The lowest BCUT2D eigenvalue weighted by Gasteiger charge is -2.49. The SMILES string of the molecule is Cc1c(N)[nH]c2ccc[n+](CC3=C(C(=O)O)N4C(=O)[C@@H](NC(=O)/C(=N\OC(C)(C)C(=O)O)c5nsc(N)n5)[C@H]4SC3)c12. The number of aromatic nitrogens is 4. The third-order valence-electron chi connectivity index (χ3n) is 6.75. The lowest BCUT2D eigenvalue weighted by atomic mass is 10.0. The summed E-state index contributed by atoms with van der Waals surface area (Å²) in [6.07, 6.45) is 1.81. The van der Waals surface area contributed by atoms with Crippen molar-refractivity contribution in [3.63, 3.8) is 0 Å². The second kappa shape index (κ2) is 10.6. The van der Waals surface area contributed by atoms with E-state index in [-0.39, 0.29) is 29.0 Å². The number of oxime groups is 1. The van der Waals surface area contributed by atoms with Gasteiger partial charge < -0.3 is 36.8 Å². The normalized spacial score (nSPS) is 19.0. The van der Waals surface area contributed by atoms with Crippen molar-refractivity contribution < 1.29 is 38.8 Å². The number of thioether (sulfide) groups is 1. The van der Waals surface area contributed by atoms with Gasteiger partial charge in [-0.05, 0) is 26.8 Å². The van der Waals surface area contributed by atoms with Crippen LogP contribution in [0.15, 0.2) is 34.8 Å². The van der Waals surface area contributed by atoms with Gasteiger partial charge in [0.25, 0.3) is 11.8 Å². The third-order valence-corrected chi connectivity index (χ3v) is 8.63. The van der Waals surface area contributed by atoms with Gasteiger partial charge in [-0.2, -0.15) is 13.9 Å². The van der Waals surface area contributed by atoms with Crippen LogP contribution < -0.4 is 21.4 Å². The number of pyridine rings is 1. The molecule has 2 aliphatic rings. The van der Waals surface area contributed by atoms with Crippen LogP contribution in [-0.2, 0) is 30.6 Å². The number of aromatic amines is 1. The van der Waals surface area contributed by atoms with Crippen LogP contribution in [0.4, 0.5) is 10.9 Å². The summed E-state index contributed by atoms with van der Waals surface area (Å²) in [6.45, 7) is 4.51. The zero-order chi connectivity index (χ0) is 30.5. The number of carbonyl (C=O) groups is 4. The summed E-state index contributed by atoms with van der Waals surface area (Å²) in [5.74, 6) is -3.64. The number of anilines is 2. The van der Waals surface area contributed by atoms with Gasteiger partial charge in [-0.3, -0.25) is 14.5 Å². The van der Waals surface area contributed by atoms with Crippen molar-refractivity contribution >= 4 is 74.7 Å². The van der Waals surface area contributed by atoms with Gasteiger partial charge in [0, 0.05) is 28.9 Å². The quantitative estimate of drug-likeness (QED) is 0.0792. The minimum Gasteiger partial charge on any atom is -0.478 e. The van der Waals surface area contributed by atoms with E-state index >= 15 is 0 Å². The van der Waals surface area contributed by atoms with E-state index < -0.39 is 46.5 Å². The first-order valence-corrected chi connectivity index (χ1v) is 14.2. The molecule has 220 valence electrons. The fourth-order valence-electron chi connectivity index (χ4n) is 4.50. The van der Waals surface area contributed by atoms with Crippen molar-refractivity contribution in [3.05, 3.63) is 41.0 Å². The fourth-order valence-corrected chi connectivity index (χ4v) is 6.27. The molecule has 8 N–H and O–H groups in total. The number of hydrogen-bond acceptors (Lipinski definition) is 12. The molecular weight excluding hydrogens is 590 g/mol. The number of H-pyrrole nitrogens is 1. The van der Waals surface area contributed by atoms with Crippen LogP contribution in [0.1, 0.15) is 25.2 Å². The number of fused-ring (bicyclic) bond motifs is 2. The fraction of sp³-hybridized carbons (Fsp3) is 0.333. The molecule has 1 saturated heterocycles. The summed E-state index contributed by atoms with van der Waals surface area (Å²) < 4.78 is 5.81. The minimum absolute atomic E-state index is 0.0200. The second-order valence-electron chi connectivity index (χ2n) is 9.98. The Morgan fingerprint density at radius 1 is 1.33 bits per heavy atom. The van der Waals surface area contributed by atoms with Crippen LogP contribution in [0, 0.1) is 6.92 Å². The Labute approximate surface area is 245 Å². The number of carbonyl (C=O) groups excluding carboxylic acids is 2. The van der Waals surface area contributed by atoms with E-state index in [0.29, 0.717) is 11.4 Å². The molecule has 1 fully saturated rings. The Morgan fingerprint density at radius 2 is 2.07 bits per heavy atom. The van der Waals surface area contributed by atoms with Crippen molar-refractivity contribution in [2.75, 3.05) is 17.2 Å². The molecule has 5 heterocycles. The lowest BCUT2D eigenvalue weighted by Crippen LogP contribution is -2.71. The number of carboxylic acid groups (broad SMARTS) is 2. The molecule has 0 aromatic carbocycles. The maximum absolute atomic E-state index is 13.3. The number of nitrogens with one attached hydrogen (secondary N) is 2. The van der Waals surface area contributed by atoms with Gasteiger partial charge in [0.15, 0.2) is 17.9 Å².